The molecule has 5 rings (SSSR count). The van der Waals surface area contributed by atoms with Crippen molar-refractivity contribution in [3.8, 4) is 39.6 Å². The topological polar surface area (TPSA) is 167 Å². The van der Waals surface area contributed by atoms with Gasteiger partial charge in [-0.25, -0.2) is 14.8 Å². The van der Waals surface area contributed by atoms with Gasteiger partial charge in [0.25, 0.3) is 0 Å². The Hall–Kier alpha value is -4.66. The van der Waals surface area contributed by atoms with E-state index < -0.39 is 12.0 Å². The number of anilines is 1. The second-order valence-electron chi connectivity index (χ2n) is 10.7. The third-order valence-electron chi connectivity index (χ3n) is 7.37. The summed E-state index contributed by atoms with van der Waals surface area (Å²) in [5.74, 6) is 0.678. The smallest absolute Gasteiger partial charge is 0.328 e. The van der Waals surface area contributed by atoms with Crippen LogP contribution in [0, 0.1) is 22.7 Å². The number of benzene rings is 2. The van der Waals surface area contributed by atoms with Crippen molar-refractivity contribution < 1.29 is 19.1 Å². The van der Waals surface area contributed by atoms with E-state index in [-0.39, 0.29) is 32.1 Å². The summed E-state index contributed by atoms with van der Waals surface area (Å²) in [5.41, 5.74) is 9.06. The van der Waals surface area contributed by atoms with Gasteiger partial charge < -0.3 is 25.4 Å². The van der Waals surface area contributed by atoms with E-state index in [2.05, 4.69) is 22.4 Å². The summed E-state index contributed by atoms with van der Waals surface area (Å²) in [4.78, 5) is 35.5. The molecule has 0 radical (unpaired) electrons. The number of aromatic nitrogens is 2. The molecule has 2 aromatic carbocycles. The Bertz CT molecular complexity index is 1850. The number of rotatable bonds is 14. The summed E-state index contributed by atoms with van der Waals surface area (Å²) < 4.78 is 11.0. The SMILES string of the molecule is C[C@H](NC(=O)CCN)C(=O)OCCOc1ccc(-c2c(C#N)c(SCc3csc(-c4ccc(Cl)cc4)n3)nc(N3CCC3)c2C#N)cc1. The number of amides is 1. The first-order chi connectivity index (χ1) is 23.3. The molecule has 4 aromatic rings. The van der Waals surface area contributed by atoms with Gasteiger partial charge in [0.05, 0.1) is 11.3 Å². The number of carbonyl (C=O) groups excluding carboxylic acids is 2. The molecule has 0 saturated carbocycles. The van der Waals surface area contributed by atoms with Gasteiger partial charge in [-0.2, -0.15) is 10.5 Å². The van der Waals surface area contributed by atoms with Crippen LogP contribution in [0.3, 0.4) is 0 Å². The van der Waals surface area contributed by atoms with E-state index in [9.17, 15) is 20.1 Å². The fraction of sp³-hybridized carbons (Fsp3) is 0.294. The average molecular weight is 702 g/mol. The predicted octanol–water partition coefficient (Wildman–Crippen LogP) is 5.55. The molecule has 1 fully saturated rings. The summed E-state index contributed by atoms with van der Waals surface area (Å²) in [6.07, 6.45) is 1.13. The Balaban J connectivity index is 1.30. The van der Waals surface area contributed by atoms with Crippen molar-refractivity contribution in [2.45, 2.75) is 36.6 Å². The van der Waals surface area contributed by atoms with E-state index in [4.69, 9.17) is 36.8 Å². The number of thiazole rings is 1. The molecule has 48 heavy (non-hydrogen) atoms. The van der Waals surface area contributed by atoms with Gasteiger partial charge in [-0.05, 0) is 43.2 Å². The van der Waals surface area contributed by atoms with Crippen molar-refractivity contribution in [3.63, 3.8) is 0 Å². The van der Waals surface area contributed by atoms with Crippen molar-refractivity contribution in [3.05, 3.63) is 75.8 Å². The molecule has 246 valence electrons. The minimum Gasteiger partial charge on any atom is -0.490 e. The highest BCUT2D eigenvalue weighted by Crippen LogP contribution is 2.40. The van der Waals surface area contributed by atoms with Crippen LogP contribution in [0.25, 0.3) is 21.7 Å². The molecule has 1 amide bonds. The largest absolute Gasteiger partial charge is 0.490 e. The molecule has 0 bridgehead atoms. The summed E-state index contributed by atoms with van der Waals surface area (Å²) in [6, 6.07) is 18.4. The van der Waals surface area contributed by atoms with E-state index in [1.165, 1.54) is 30.0 Å². The molecule has 0 aliphatic carbocycles. The van der Waals surface area contributed by atoms with E-state index in [0.29, 0.717) is 49.6 Å². The lowest BCUT2D eigenvalue weighted by atomic mass is 9.96. The molecule has 14 heteroatoms. The Labute approximate surface area is 291 Å². The van der Waals surface area contributed by atoms with Crippen LogP contribution in [0.2, 0.25) is 5.02 Å². The highest BCUT2D eigenvalue weighted by atomic mass is 35.5. The van der Waals surface area contributed by atoms with Gasteiger partial charge in [-0.15, -0.1) is 11.3 Å². The van der Waals surface area contributed by atoms with Crippen LogP contribution >= 0.6 is 34.7 Å². The maximum Gasteiger partial charge on any atom is 0.328 e. The van der Waals surface area contributed by atoms with Crippen LogP contribution in [-0.4, -0.2) is 60.7 Å². The van der Waals surface area contributed by atoms with Crippen LogP contribution in [-0.2, 0) is 20.1 Å². The number of pyridine rings is 1. The van der Waals surface area contributed by atoms with Gasteiger partial charge in [0, 0.05) is 53.3 Å². The fourth-order valence-corrected chi connectivity index (χ4v) is 6.73. The first-order valence-electron chi connectivity index (χ1n) is 15.2. The molecule has 0 unspecified atom stereocenters. The normalized spacial score (nSPS) is 12.7. The highest BCUT2D eigenvalue weighted by Gasteiger charge is 2.27. The number of nitrogens with two attached hydrogens (primary N) is 1. The lowest BCUT2D eigenvalue weighted by Gasteiger charge is -2.33. The van der Waals surface area contributed by atoms with Crippen LogP contribution in [0.15, 0.2) is 58.9 Å². The molecule has 1 aliphatic heterocycles. The third-order valence-corrected chi connectivity index (χ3v) is 9.57. The average Bonchev–Trinajstić information content (AvgIpc) is 3.54. The quantitative estimate of drug-likeness (QED) is 0.0961. The number of nitriles is 2. The summed E-state index contributed by atoms with van der Waals surface area (Å²) in [6.45, 7) is 3.37. The van der Waals surface area contributed by atoms with Gasteiger partial charge in [-0.3, -0.25) is 4.79 Å². The zero-order valence-electron chi connectivity index (χ0n) is 26.1. The van der Waals surface area contributed by atoms with Crippen molar-refractivity contribution in [2.24, 2.45) is 5.73 Å². The summed E-state index contributed by atoms with van der Waals surface area (Å²) in [5, 5.41) is 27.2. The lowest BCUT2D eigenvalue weighted by molar-refractivity contribution is -0.148. The number of hydrogen-bond donors (Lipinski definition) is 2. The second kappa shape index (κ2) is 16.4. The van der Waals surface area contributed by atoms with Crippen LogP contribution in [0.1, 0.15) is 36.6 Å². The second-order valence-corrected chi connectivity index (χ2v) is 13.0. The minimum atomic E-state index is -0.801. The van der Waals surface area contributed by atoms with Gasteiger partial charge in [-0.1, -0.05) is 47.6 Å². The first kappa shape index (κ1) is 34.7. The maximum atomic E-state index is 12.1. The number of esters is 1. The van der Waals surface area contributed by atoms with Crippen molar-refractivity contribution >= 4 is 52.4 Å². The van der Waals surface area contributed by atoms with Crippen LogP contribution < -0.4 is 20.7 Å². The van der Waals surface area contributed by atoms with Crippen molar-refractivity contribution in [1.29, 1.82) is 10.5 Å². The molecule has 11 nitrogen and oxygen atoms in total. The Kier molecular flexibility index (Phi) is 11.9. The standard InChI is InChI=1S/C34H32ClN7O4S2/c1-21(39-29(43)11-12-36)34(44)46-16-15-45-26-9-5-22(6-10-26)30-27(17-37)31(42-13-2-14-42)41-33(28(30)18-38)48-20-25-19-47-32(40-25)23-3-7-24(35)8-4-23/h3-10,19,21H,2,11-16,20,36H2,1H3,(H,39,43)/t21-/m0/s1. The molecule has 1 atom stereocenters. The lowest BCUT2D eigenvalue weighted by Crippen LogP contribution is -2.40. The van der Waals surface area contributed by atoms with Crippen molar-refractivity contribution in [2.75, 3.05) is 37.7 Å². The molecule has 1 saturated heterocycles. The van der Waals surface area contributed by atoms with Crippen LogP contribution in [0.5, 0.6) is 5.75 Å². The highest BCUT2D eigenvalue weighted by molar-refractivity contribution is 7.98. The zero-order valence-corrected chi connectivity index (χ0v) is 28.5. The monoisotopic (exact) mass is 701 g/mol. The van der Waals surface area contributed by atoms with Crippen LogP contribution in [0.4, 0.5) is 5.82 Å². The summed E-state index contributed by atoms with van der Waals surface area (Å²) >= 11 is 8.99. The Morgan fingerprint density at radius 2 is 1.77 bits per heavy atom. The molecular formula is C34H32ClN7O4S2. The number of thioether (sulfide) groups is 1. The Morgan fingerprint density at radius 1 is 1.06 bits per heavy atom. The Morgan fingerprint density at radius 3 is 2.42 bits per heavy atom. The van der Waals surface area contributed by atoms with Crippen molar-refractivity contribution in [1.82, 2.24) is 15.3 Å². The summed E-state index contributed by atoms with van der Waals surface area (Å²) in [7, 11) is 0. The number of halogens is 1. The number of ether oxygens (including phenoxy) is 2. The van der Waals surface area contributed by atoms with E-state index in [1.807, 2.05) is 29.6 Å². The number of nitrogens with zero attached hydrogens (tertiary/aromatic N) is 5. The molecule has 1 aliphatic rings. The third kappa shape index (κ3) is 8.43. The molecular weight excluding hydrogens is 670 g/mol. The fourth-order valence-electron chi connectivity index (χ4n) is 4.80. The first-order valence-corrected chi connectivity index (χ1v) is 17.4. The van der Waals surface area contributed by atoms with Gasteiger partial charge in [0.2, 0.25) is 5.91 Å². The van der Waals surface area contributed by atoms with E-state index >= 15 is 0 Å². The number of carbonyl (C=O) groups is 2. The van der Waals surface area contributed by atoms with Gasteiger partial charge >= 0.3 is 5.97 Å². The zero-order chi connectivity index (χ0) is 34.0. The van der Waals surface area contributed by atoms with Gasteiger partial charge in [0.1, 0.15) is 58.6 Å². The molecule has 3 heterocycles. The molecule has 3 N–H and O–H groups in total. The van der Waals surface area contributed by atoms with Gasteiger partial charge in [0.15, 0.2) is 0 Å². The molecule has 0 spiro atoms. The number of hydrogen-bond acceptors (Lipinski definition) is 12. The maximum absolute atomic E-state index is 12.1. The minimum absolute atomic E-state index is 0.0147. The molecule has 2 aromatic heterocycles. The van der Waals surface area contributed by atoms with E-state index in [0.717, 1.165) is 35.8 Å². The number of nitrogens with one attached hydrogen (secondary N) is 1. The van der Waals surface area contributed by atoms with E-state index in [1.54, 1.807) is 24.3 Å². The predicted molar refractivity (Wildman–Crippen MR) is 186 cm³/mol.